The average Bonchev–Trinajstić information content (AvgIpc) is 3.35. The first kappa shape index (κ1) is 18.5. The molecule has 1 aromatic carbocycles. The van der Waals surface area contributed by atoms with Gasteiger partial charge >= 0.3 is 0 Å². The molecule has 3 heterocycles. The monoisotopic (exact) mass is 402 g/mol. The highest BCUT2D eigenvalue weighted by Gasteiger charge is 2.22. The van der Waals surface area contributed by atoms with Crippen LogP contribution in [0, 0.1) is 12.7 Å². The summed E-state index contributed by atoms with van der Waals surface area (Å²) in [6.45, 7) is 4.50. The zero-order valence-corrected chi connectivity index (χ0v) is 16.1. The summed E-state index contributed by atoms with van der Waals surface area (Å²) >= 11 is 1.23. The Morgan fingerprint density at radius 3 is 2.57 bits per heavy atom. The summed E-state index contributed by atoms with van der Waals surface area (Å²) in [6.07, 6.45) is 1.57. The van der Waals surface area contributed by atoms with Crippen molar-refractivity contribution in [2.75, 3.05) is 36.8 Å². The summed E-state index contributed by atoms with van der Waals surface area (Å²) < 4.78 is 23.9. The third-order valence-corrected chi connectivity index (χ3v) is 5.44. The molecule has 28 heavy (non-hydrogen) atoms. The molecule has 9 heteroatoms. The number of nitrogens with zero attached hydrogens (tertiary/aromatic N) is 4. The molecule has 1 aliphatic heterocycles. The van der Waals surface area contributed by atoms with E-state index in [2.05, 4.69) is 15.1 Å². The van der Waals surface area contributed by atoms with E-state index in [9.17, 15) is 9.18 Å². The highest BCUT2D eigenvalue weighted by atomic mass is 32.2. The molecule has 0 aliphatic carbocycles. The summed E-state index contributed by atoms with van der Waals surface area (Å²) in [5.41, 5.74) is 1.72. The van der Waals surface area contributed by atoms with E-state index in [1.54, 1.807) is 24.5 Å². The van der Waals surface area contributed by atoms with Crippen molar-refractivity contribution in [3.63, 3.8) is 0 Å². The van der Waals surface area contributed by atoms with Crippen molar-refractivity contribution in [3.8, 4) is 11.5 Å². The summed E-state index contributed by atoms with van der Waals surface area (Å²) in [5, 5.41) is 8.34. The Morgan fingerprint density at radius 1 is 1.14 bits per heavy atom. The van der Waals surface area contributed by atoms with Crippen LogP contribution in [0.15, 0.2) is 50.7 Å². The molecule has 4 rings (SSSR count). The number of rotatable bonds is 5. The van der Waals surface area contributed by atoms with Gasteiger partial charge in [-0.05, 0) is 37.3 Å². The topological polar surface area (TPSA) is 75.6 Å². The smallest absolute Gasteiger partial charge is 0.277 e. The van der Waals surface area contributed by atoms with Gasteiger partial charge in [-0.3, -0.25) is 4.79 Å². The number of amides is 1. The van der Waals surface area contributed by atoms with Crippen LogP contribution in [0.1, 0.15) is 5.76 Å². The van der Waals surface area contributed by atoms with Gasteiger partial charge in [-0.15, -0.1) is 10.2 Å². The van der Waals surface area contributed by atoms with Crippen LogP contribution in [-0.4, -0.2) is 52.9 Å². The van der Waals surface area contributed by atoms with Gasteiger partial charge in [0.1, 0.15) is 11.6 Å². The molecule has 0 radical (unpaired) electrons. The Morgan fingerprint density at radius 2 is 1.89 bits per heavy atom. The van der Waals surface area contributed by atoms with Crippen LogP contribution in [0.5, 0.6) is 0 Å². The van der Waals surface area contributed by atoms with Gasteiger partial charge < -0.3 is 18.6 Å². The SMILES string of the molecule is Cc1occc1-c1nnc(SCC(=O)N2CCN(c3ccc(F)cc3)CC2)o1. The molecule has 0 atom stereocenters. The fourth-order valence-corrected chi connectivity index (χ4v) is 3.73. The average molecular weight is 402 g/mol. The fourth-order valence-electron chi connectivity index (χ4n) is 3.06. The standard InChI is InChI=1S/C19H19FN4O3S/c1-13-16(6-11-26-13)18-21-22-19(27-18)28-12-17(25)24-9-7-23(8-10-24)15-4-2-14(20)3-5-15/h2-6,11H,7-10,12H2,1H3. The molecule has 1 fully saturated rings. The predicted octanol–water partition coefficient (Wildman–Crippen LogP) is 3.22. The first-order valence-electron chi connectivity index (χ1n) is 8.89. The molecule has 1 aliphatic rings. The largest absolute Gasteiger partial charge is 0.469 e. The van der Waals surface area contributed by atoms with E-state index in [0.29, 0.717) is 43.1 Å². The maximum atomic E-state index is 13.1. The van der Waals surface area contributed by atoms with Crippen LogP contribution in [0.2, 0.25) is 0 Å². The van der Waals surface area contributed by atoms with Gasteiger partial charge in [-0.25, -0.2) is 4.39 Å². The minimum atomic E-state index is -0.248. The zero-order chi connectivity index (χ0) is 19.5. The summed E-state index contributed by atoms with van der Waals surface area (Å²) in [7, 11) is 0. The van der Waals surface area contributed by atoms with Crippen molar-refractivity contribution >= 4 is 23.4 Å². The normalized spacial score (nSPS) is 14.5. The maximum absolute atomic E-state index is 13.1. The van der Waals surface area contributed by atoms with Crippen LogP contribution in [0.4, 0.5) is 10.1 Å². The Balaban J connectivity index is 1.28. The number of furan rings is 1. The lowest BCUT2D eigenvalue weighted by Gasteiger charge is -2.36. The summed E-state index contributed by atoms with van der Waals surface area (Å²) in [4.78, 5) is 16.5. The lowest BCUT2D eigenvalue weighted by molar-refractivity contribution is -0.128. The van der Waals surface area contributed by atoms with Crippen LogP contribution in [0.25, 0.3) is 11.5 Å². The van der Waals surface area contributed by atoms with E-state index < -0.39 is 0 Å². The second-order valence-electron chi connectivity index (χ2n) is 6.40. The first-order valence-corrected chi connectivity index (χ1v) is 9.88. The van der Waals surface area contributed by atoms with Crippen molar-refractivity contribution in [1.82, 2.24) is 15.1 Å². The van der Waals surface area contributed by atoms with Crippen molar-refractivity contribution in [2.24, 2.45) is 0 Å². The third kappa shape index (κ3) is 4.04. The summed E-state index contributed by atoms with van der Waals surface area (Å²) in [5.74, 6) is 1.11. The van der Waals surface area contributed by atoms with Crippen molar-refractivity contribution in [1.29, 1.82) is 0 Å². The second-order valence-corrected chi connectivity index (χ2v) is 7.32. The molecule has 0 unspecified atom stereocenters. The third-order valence-electron chi connectivity index (χ3n) is 4.64. The number of piperazine rings is 1. The number of hydrogen-bond donors (Lipinski definition) is 0. The molecule has 3 aromatic rings. The van der Waals surface area contributed by atoms with E-state index in [1.165, 1.54) is 23.9 Å². The lowest BCUT2D eigenvalue weighted by Crippen LogP contribution is -2.49. The number of aryl methyl sites for hydroxylation is 1. The van der Waals surface area contributed by atoms with Crippen molar-refractivity contribution in [3.05, 3.63) is 48.2 Å². The van der Waals surface area contributed by atoms with Crippen molar-refractivity contribution in [2.45, 2.75) is 12.1 Å². The molecule has 7 nitrogen and oxygen atoms in total. The van der Waals surface area contributed by atoms with Crippen molar-refractivity contribution < 1.29 is 18.0 Å². The number of hydrogen-bond acceptors (Lipinski definition) is 7. The van der Waals surface area contributed by atoms with Gasteiger partial charge in [0.2, 0.25) is 5.91 Å². The van der Waals surface area contributed by atoms with E-state index in [0.717, 1.165) is 11.3 Å². The molecule has 1 saturated heterocycles. The number of carbonyl (C=O) groups is 1. The zero-order valence-electron chi connectivity index (χ0n) is 15.3. The minimum absolute atomic E-state index is 0.0306. The lowest BCUT2D eigenvalue weighted by atomic mass is 10.2. The second kappa shape index (κ2) is 8.05. The minimum Gasteiger partial charge on any atom is -0.469 e. The highest BCUT2D eigenvalue weighted by Crippen LogP contribution is 2.26. The number of aromatic nitrogens is 2. The fraction of sp³-hybridized carbons (Fsp3) is 0.316. The van der Waals surface area contributed by atoms with Gasteiger partial charge in [-0.2, -0.15) is 0 Å². The van der Waals surface area contributed by atoms with Gasteiger partial charge in [0.15, 0.2) is 0 Å². The number of anilines is 1. The van der Waals surface area contributed by atoms with E-state index in [1.807, 2.05) is 11.8 Å². The molecule has 146 valence electrons. The van der Waals surface area contributed by atoms with Gasteiger partial charge in [0.05, 0.1) is 17.6 Å². The van der Waals surface area contributed by atoms with Gasteiger partial charge in [0, 0.05) is 31.9 Å². The Labute approximate surface area is 165 Å². The maximum Gasteiger partial charge on any atom is 0.277 e. The highest BCUT2D eigenvalue weighted by molar-refractivity contribution is 7.99. The Kier molecular flexibility index (Phi) is 5.34. The quantitative estimate of drug-likeness (QED) is 0.607. The molecule has 0 saturated carbocycles. The van der Waals surface area contributed by atoms with E-state index in [-0.39, 0.29) is 17.5 Å². The number of benzene rings is 1. The summed E-state index contributed by atoms with van der Waals surface area (Å²) in [6, 6.07) is 8.19. The van der Waals surface area contributed by atoms with Gasteiger partial charge in [0.25, 0.3) is 11.1 Å². The molecular formula is C19H19FN4O3S. The first-order chi connectivity index (χ1) is 13.6. The van der Waals surface area contributed by atoms with Crippen LogP contribution in [0.3, 0.4) is 0 Å². The number of thioether (sulfide) groups is 1. The van der Waals surface area contributed by atoms with Crippen LogP contribution in [-0.2, 0) is 4.79 Å². The number of halogens is 1. The van der Waals surface area contributed by atoms with Gasteiger partial charge in [-0.1, -0.05) is 11.8 Å². The molecule has 1 amide bonds. The molecule has 0 spiro atoms. The molecule has 0 N–H and O–H groups in total. The van der Waals surface area contributed by atoms with E-state index in [4.69, 9.17) is 8.83 Å². The molecule has 0 bridgehead atoms. The predicted molar refractivity (Wildman–Crippen MR) is 103 cm³/mol. The molecular weight excluding hydrogens is 383 g/mol. The molecule has 2 aromatic heterocycles. The Hall–Kier alpha value is -2.81. The number of carbonyl (C=O) groups excluding carboxylic acids is 1. The Bertz CT molecular complexity index is 948. The van der Waals surface area contributed by atoms with E-state index >= 15 is 0 Å². The van der Waals surface area contributed by atoms with Crippen LogP contribution >= 0.6 is 11.8 Å². The van der Waals surface area contributed by atoms with Crippen LogP contribution < -0.4 is 4.90 Å².